The molecule has 6 heteroatoms. The Hall–Kier alpha value is 3.19. The molecule has 3 atom stereocenters. The first-order valence-corrected chi connectivity index (χ1v) is 5.35. The van der Waals surface area contributed by atoms with E-state index < -0.39 is 0 Å². The van der Waals surface area contributed by atoms with Gasteiger partial charge in [0.25, 0.3) is 0 Å². The quantitative estimate of drug-likeness (QED) is 0.534. The van der Waals surface area contributed by atoms with Gasteiger partial charge in [0.1, 0.15) is 0 Å². The maximum atomic E-state index is 8.25. The zero-order chi connectivity index (χ0) is 12.9. The van der Waals surface area contributed by atoms with Gasteiger partial charge in [0, 0.05) is 98.1 Å². The molecule has 0 fully saturated rings. The second-order valence-corrected chi connectivity index (χ2v) is 3.19. The van der Waals surface area contributed by atoms with Gasteiger partial charge < -0.3 is 36.1 Å². The monoisotopic (exact) mass is 486 g/mol. The minimum absolute atomic E-state index is 0. The summed E-state index contributed by atoms with van der Waals surface area (Å²) in [6, 6.07) is 0. The fraction of sp³-hybridized carbons (Fsp3) is 0.750. The minimum Gasteiger partial charge on any atom is -0.425 e. The Morgan fingerprint density at radius 2 is 0.667 bits per heavy atom. The molecule has 0 aliphatic carbocycles. The van der Waals surface area contributed by atoms with Gasteiger partial charge in [-0.2, -0.15) is 0 Å². The molecule has 0 saturated carbocycles. The fourth-order valence-corrected chi connectivity index (χ4v) is 0. The predicted octanol–water partition coefficient (Wildman–Crippen LogP) is 1.77. The molecule has 18 heavy (non-hydrogen) atoms. The molecule has 0 rings (SSSR count). The summed E-state index contributed by atoms with van der Waals surface area (Å²) in [5, 5.41) is 24.8. The van der Waals surface area contributed by atoms with Gasteiger partial charge in [-0.05, 0) is 0 Å². The summed E-state index contributed by atoms with van der Waals surface area (Å²) in [5.41, 5.74) is 0. The second kappa shape index (κ2) is 32.2. The molecule has 0 amide bonds. The number of aliphatic hydroxyl groups is 3. The molecule has 0 aromatic heterocycles. The molecular formula is C12H27O3Y3-3. The summed E-state index contributed by atoms with van der Waals surface area (Å²) in [6.07, 6.45) is 1.15. The van der Waals surface area contributed by atoms with E-state index in [1.807, 2.05) is 20.8 Å². The van der Waals surface area contributed by atoms with Crippen LogP contribution in [-0.4, -0.2) is 33.6 Å². The van der Waals surface area contributed by atoms with Crippen molar-refractivity contribution in [1.82, 2.24) is 0 Å². The third-order valence-electron chi connectivity index (χ3n) is 1.41. The van der Waals surface area contributed by atoms with Crippen molar-refractivity contribution in [2.75, 3.05) is 0 Å². The normalized spacial score (nSPS) is 12.5. The van der Waals surface area contributed by atoms with Crippen molar-refractivity contribution in [1.29, 1.82) is 0 Å². The van der Waals surface area contributed by atoms with Crippen LogP contribution < -0.4 is 0 Å². The molecule has 0 heterocycles. The summed E-state index contributed by atoms with van der Waals surface area (Å²) in [5.74, 6) is 0. The van der Waals surface area contributed by atoms with Crippen molar-refractivity contribution in [2.45, 2.75) is 58.3 Å². The van der Waals surface area contributed by atoms with Gasteiger partial charge >= 0.3 is 0 Å². The van der Waals surface area contributed by atoms with E-state index in [9.17, 15) is 0 Å². The summed E-state index contributed by atoms with van der Waals surface area (Å²) < 4.78 is 0. The van der Waals surface area contributed by atoms with E-state index in [0.29, 0.717) is 0 Å². The number of rotatable bonds is 3. The maximum Gasteiger partial charge on any atom is 0 e. The van der Waals surface area contributed by atoms with Gasteiger partial charge in [-0.15, -0.1) is 0 Å². The largest absolute Gasteiger partial charge is 0.425 e. The Morgan fingerprint density at radius 3 is 0.667 bits per heavy atom. The SMILES string of the molecule is [CH2-]C(O)CC.[CH2-][C@@H](O)CC.[CH2-][C@H](O)CC.[Y].[Y].[Y]. The van der Waals surface area contributed by atoms with Crippen LogP contribution in [0.2, 0.25) is 0 Å². The molecule has 3 N–H and O–H groups in total. The van der Waals surface area contributed by atoms with E-state index in [2.05, 4.69) is 20.8 Å². The van der Waals surface area contributed by atoms with Crippen molar-refractivity contribution >= 4 is 0 Å². The average Bonchev–Trinajstić information content (AvgIpc) is 2.19. The Kier molecular flexibility index (Phi) is 67.0. The van der Waals surface area contributed by atoms with E-state index in [1.165, 1.54) is 0 Å². The van der Waals surface area contributed by atoms with Gasteiger partial charge in [-0.1, -0.05) is 58.3 Å². The molecule has 0 aliphatic rings. The van der Waals surface area contributed by atoms with E-state index in [0.717, 1.165) is 19.3 Å². The Labute approximate surface area is 189 Å². The van der Waals surface area contributed by atoms with Crippen LogP contribution in [0.1, 0.15) is 40.0 Å². The summed E-state index contributed by atoms with van der Waals surface area (Å²) in [4.78, 5) is 0. The first-order valence-electron chi connectivity index (χ1n) is 5.35. The number of hydrogen-bond donors (Lipinski definition) is 3. The van der Waals surface area contributed by atoms with Crippen LogP contribution in [0, 0.1) is 20.8 Å². The molecule has 0 bridgehead atoms. The zero-order valence-electron chi connectivity index (χ0n) is 12.0. The number of aliphatic hydroxyl groups excluding tert-OH is 3. The van der Waals surface area contributed by atoms with Crippen LogP contribution >= 0.6 is 0 Å². The third kappa shape index (κ3) is 75.2. The van der Waals surface area contributed by atoms with Gasteiger partial charge in [0.05, 0.1) is 0 Å². The van der Waals surface area contributed by atoms with E-state index >= 15 is 0 Å². The van der Waals surface area contributed by atoms with Gasteiger partial charge in [0.2, 0.25) is 0 Å². The molecule has 1 unspecified atom stereocenters. The topological polar surface area (TPSA) is 60.7 Å². The van der Waals surface area contributed by atoms with Gasteiger partial charge in [0.15, 0.2) is 0 Å². The molecule has 0 saturated heterocycles. The predicted molar refractivity (Wildman–Crippen MR) is 65.0 cm³/mol. The first kappa shape index (κ1) is 37.4. The van der Waals surface area contributed by atoms with Crippen molar-refractivity contribution in [3.8, 4) is 0 Å². The fourth-order valence-electron chi connectivity index (χ4n) is 0. The molecule has 0 aromatic rings. The van der Waals surface area contributed by atoms with Crippen LogP contribution in [0.4, 0.5) is 0 Å². The van der Waals surface area contributed by atoms with E-state index in [-0.39, 0.29) is 116 Å². The van der Waals surface area contributed by atoms with Crippen LogP contribution in [0.3, 0.4) is 0 Å². The van der Waals surface area contributed by atoms with Crippen molar-refractivity contribution in [3.05, 3.63) is 20.8 Å². The Morgan fingerprint density at radius 1 is 0.611 bits per heavy atom. The van der Waals surface area contributed by atoms with Crippen LogP contribution in [0.15, 0.2) is 0 Å². The molecule has 105 valence electrons. The molecule has 0 aliphatic heterocycles. The molecule has 3 radical (unpaired) electrons. The summed E-state index contributed by atoms with van der Waals surface area (Å²) in [6.45, 7) is 15.6. The van der Waals surface area contributed by atoms with Crippen molar-refractivity contribution in [3.63, 3.8) is 0 Å². The summed E-state index contributed by atoms with van der Waals surface area (Å²) >= 11 is 0. The third-order valence-corrected chi connectivity index (χ3v) is 1.41. The van der Waals surface area contributed by atoms with Crippen LogP contribution in [0.25, 0.3) is 0 Å². The van der Waals surface area contributed by atoms with Crippen molar-refractivity contribution < 1.29 is 113 Å². The smallest absolute Gasteiger partial charge is 0 e. The molecular weight excluding hydrogens is 459 g/mol. The maximum absolute atomic E-state index is 8.25. The van der Waals surface area contributed by atoms with Crippen LogP contribution in [0.5, 0.6) is 0 Å². The minimum atomic E-state index is -0.366. The standard InChI is InChI=1S/3C4H9O.3Y/c3*1-3-4(2)5;;;/h3*4-5H,2-3H2,1H3;;;/q3*-1;;;/t2*4-;;;;/m10..../s1. The summed E-state index contributed by atoms with van der Waals surface area (Å²) in [7, 11) is 0. The van der Waals surface area contributed by atoms with Crippen LogP contribution in [-0.2, 0) is 98.1 Å². The first-order chi connectivity index (χ1) is 6.81. The van der Waals surface area contributed by atoms with Gasteiger partial charge in [-0.25, -0.2) is 0 Å². The molecule has 0 aromatic carbocycles. The van der Waals surface area contributed by atoms with E-state index in [1.54, 1.807) is 0 Å². The number of hydrogen-bond acceptors (Lipinski definition) is 3. The Balaban J connectivity index is -0.0000000277. The van der Waals surface area contributed by atoms with E-state index in [4.69, 9.17) is 15.3 Å². The average molecular weight is 486 g/mol. The molecule has 3 nitrogen and oxygen atoms in total. The van der Waals surface area contributed by atoms with Crippen molar-refractivity contribution in [2.24, 2.45) is 0 Å². The second-order valence-electron chi connectivity index (χ2n) is 3.19. The molecule has 0 spiro atoms. The zero-order valence-corrected chi connectivity index (χ0v) is 20.6. The van der Waals surface area contributed by atoms with Gasteiger partial charge in [-0.3, -0.25) is 0 Å². The Bertz CT molecular complexity index is 83.5.